The third-order valence-electron chi connectivity index (χ3n) is 4.58. The average Bonchev–Trinajstić information content (AvgIpc) is 2.67. The molecule has 3 amide bonds. The van der Waals surface area contributed by atoms with E-state index in [4.69, 9.17) is 5.73 Å². The number of nitrogen functional groups attached to an aromatic ring is 1. The first-order chi connectivity index (χ1) is 12.6. The fourth-order valence-electron chi connectivity index (χ4n) is 3.18. The highest BCUT2D eigenvalue weighted by Gasteiger charge is 2.27. The molecule has 1 aliphatic rings. The van der Waals surface area contributed by atoms with E-state index in [0.717, 1.165) is 24.9 Å². The van der Waals surface area contributed by atoms with Crippen LogP contribution in [-0.2, 0) is 0 Å². The van der Waals surface area contributed by atoms with Crippen molar-refractivity contribution in [1.29, 1.82) is 0 Å². The van der Waals surface area contributed by atoms with Gasteiger partial charge >= 0.3 is 6.03 Å². The Morgan fingerprint density at radius 3 is 2.50 bits per heavy atom. The van der Waals surface area contributed by atoms with Crippen LogP contribution in [0.15, 0.2) is 54.6 Å². The molecule has 6 nitrogen and oxygen atoms in total. The molecular formula is C20H24N4O2. The van der Waals surface area contributed by atoms with E-state index in [2.05, 4.69) is 10.6 Å². The molecule has 0 bridgehead atoms. The first-order valence-electron chi connectivity index (χ1n) is 8.90. The van der Waals surface area contributed by atoms with E-state index in [1.54, 1.807) is 24.3 Å². The maximum atomic E-state index is 12.8. The SMILES string of the molecule is Nc1ccc(C(=O)N2CCCCC2CNC(=O)Nc2ccccc2)cc1. The van der Waals surface area contributed by atoms with Crippen molar-refractivity contribution in [2.24, 2.45) is 0 Å². The standard InChI is InChI=1S/C20H24N4O2/c21-16-11-9-15(10-12-16)19(25)24-13-5-4-8-18(24)14-22-20(26)23-17-6-2-1-3-7-17/h1-3,6-7,9-12,18H,4-5,8,13-14,21H2,(H2,22,23,26). The van der Waals surface area contributed by atoms with Crippen LogP contribution in [-0.4, -0.2) is 36.0 Å². The number of nitrogens with one attached hydrogen (secondary N) is 2. The van der Waals surface area contributed by atoms with Crippen molar-refractivity contribution >= 4 is 23.3 Å². The predicted molar refractivity (Wildman–Crippen MR) is 103 cm³/mol. The number of likely N-dealkylation sites (tertiary alicyclic amines) is 1. The van der Waals surface area contributed by atoms with Gasteiger partial charge in [-0.1, -0.05) is 18.2 Å². The second-order valence-electron chi connectivity index (χ2n) is 6.47. The minimum absolute atomic E-state index is 0.00433. The number of carbonyl (C=O) groups excluding carboxylic acids is 2. The molecule has 0 radical (unpaired) electrons. The van der Waals surface area contributed by atoms with Gasteiger partial charge in [-0.05, 0) is 55.7 Å². The molecule has 26 heavy (non-hydrogen) atoms. The summed E-state index contributed by atoms with van der Waals surface area (Å²) in [5.41, 5.74) is 7.70. The van der Waals surface area contributed by atoms with Gasteiger partial charge in [0.15, 0.2) is 0 Å². The Kier molecular flexibility index (Phi) is 5.73. The van der Waals surface area contributed by atoms with Crippen LogP contribution in [0.25, 0.3) is 0 Å². The third kappa shape index (κ3) is 4.53. The maximum Gasteiger partial charge on any atom is 0.319 e. The number of hydrogen-bond acceptors (Lipinski definition) is 3. The minimum Gasteiger partial charge on any atom is -0.399 e. The van der Waals surface area contributed by atoms with Crippen LogP contribution < -0.4 is 16.4 Å². The highest BCUT2D eigenvalue weighted by Crippen LogP contribution is 2.20. The second-order valence-corrected chi connectivity index (χ2v) is 6.47. The molecule has 136 valence electrons. The summed E-state index contributed by atoms with van der Waals surface area (Å²) in [5.74, 6) is -0.0139. The van der Waals surface area contributed by atoms with Gasteiger partial charge in [0.05, 0.1) is 0 Å². The van der Waals surface area contributed by atoms with Crippen LogP contribution in [0.1, 0.15) is 29.6 Å². The lowest BCUT2D eigenvalue weighted by Gasteiger charge is -2.36. The summed E-state index contributed by atoms with van der Waals surface area (Å²) in [7, 11) is 0. The number of piperidine rings is 1. The number of carbonyl (C=O) groups is 2. The largest absolute Gasteiger partial charge is 0.399 e. The molecule has 6 heteroatoms. The van der Waals surface area contributed by atoms with Crippen LogP contribution in [0.5, 0.6) is 0 Å². The van der Waals surface area contributed by atoms with Crippen LogP contribution in [0.2, 0.25) is 0 Å². The molecule has 0 aromatic heterocycles. The molecule has 0 aliphatic carbocycles. The Morgan fingerprint density at radius 1 is 1.04 bits per heavy atom. The van der Waals surface area contributed by atoms with E-state index >= 15 is 0 Å². The van der Waals surface area contributed by atoms with E-state index in [-0.39, 0.29) is 18.0 Å². The van der Waals surface area contributed by atoms with Crippen molar-refractivity contribution in [1.82, 2.24) is 10.2 Å². The normalized spacial score (nSPS) is 16.8. The molecule has 1 fully saturated rings. The number of nitrogens with two attached hydrogens (primary N) is 1. The monoisotopic (exact) mass is 352 g/mol. The van der Waals surface area contributed by atoms with Crippen molar-refractivity contribution in [3.8, 4) is 0 Å². The molecule has 3 rings (SSSR count). The van der Waals surface area contributed by atoms with Gasteiger partial charge in [0.2, 0.25) is 0 Å². The second kappa shape index (κ2) is 8.38. The van der Waals surface area contributed by atoms with Crippen molar-refractivity contribution in [2.45, 2.75) is 25.3 Å². The molecule has 1 heterocycles. The quantitative estimate of drug-likeness (QED) is 0.739. The number of anilines is 2. The van der Waals surface area contributed by atoms with Crippen molar-refractivity contribution in [2.75, 3.05) is 24.1 Å². The smallest absolute Gasteiger partial charge is 0.319 e. The zero-order valence-corrected chi connectivity index (χ0v) is 14.7. The Bertz CT molecular complexity index is 746. The topological polar surface area (TPSA) is 87.5 Å². The highest BCUT2D eigenvalue weighted by atomic mass is 16.2. The van der Waals surface area contributed by atoms with Crippen LogP contribution in [0.3, 0.4) is 0 Å². The van der Waals surface area contributed by atoms with Crippen molar-refractivity contribution in [3.63, 3.8) is 0 Å². The summed E-state index contributed by atoms with van der Waals surface area (Å²) < 4.78 is 0. The predicted octanol–water partition coefficient (Wildman–Crippen LogP) is 3.09. The summed E-state index contributed by atoms with van der Waals surface area (Å²) in [4.78, 5) is 26.8. The number of benzene rings is 2. The zero-order valence-electron chi connectivity index (χ0n) is 14.7. The maximum absolute atomic E-state index is 12.8. The summed E-state index contributed by atoms with van der Waals surface area (Å²) in [6.07, 6.45) is 2.91. The summed E-state index contributed by atoms with van der Waals surface area (Å²) in [6.45, 7) is 1.13. The van der Waals surface area contributed by atoms with E-state index in [1.165, 1.54) is 0 Å². The third-order valence-corrected chi connectivity index (χ3v) is 4.58. The van der Waals surface area contributed by atoms with E-state index in [1.807, 2.05) is 35.2 Å². The number of nitrogens with zero attached hydrogens (tertiary/aromatic N) is 1. The van der Waals surface area contributed by atoms with Crippen molar-refractivity contribution < 1.29 is 9.59 Å². The number of rotatable bonds is 4. The van der Waals surface area contributed by atoms with Crippen molar-refractivity contribution in [3.05, 3.63) is 60.2 Å². The van der Waals surface area contributed by atoms with Crippen LogP contribution in [0, 0.1) is 0 Å². The number of hydrogen-bond donors (Lipinski definition) is 3. The lowest BCUT2D eigenvalue weighted by atomic mass is 10.0. The Morgan fingerprint density at radius 2 is 1.77 bits per heavy atom. The average molecular weight is 352 g/mol. The lowest BCUT2D eigenvalue weighted by molar-refractivity contribution is 0.0615. The zero-order chi connectivity index (χ0) is 18.4. The Labute approximate surface area is 153 Å². The van der Waals surface area contributed by atoms with E-state index < -0.39 is 0 Å². The molecule has 1 unspecified atom stereocenters. The summed E-state index contributed by atoms with van der Waals surface area (Å²) in [5, 5.41) is 5.68. The van der Waals surface area contributed by atoms with Gasteiger partial charge < -0.3 is 21.3 Å². The molecule has 0 spiro atoms. The van der Waals surface area contributed by atoms with Gasteiger partial charge in [-0.2, -0.15) is 0 Å². The molecule has 1 saturated heterocycles. The molecule has 2 aromatic carbocycles. The highest BCUT2D eigenvalue weighted by molar-refractivity contribution is 5.95. The van der Waals surface area contributed by atoms with Gasteiger partial charge in [0, 0.05) is 36.1 Å². The van der Waals surface area contributed by atoms with Gasteiger partial charge in [-0.15, -0.1) is 0 Å². The van der Waals surface area contributed by atoms with Gasteiger partial charge in [-0.3, -0.25) is 4.79 Å². The summed E-state index contributed by atoms with van der Waals surface area (Å²) in [6, 6.07) is 16.0. The van der Waals surface area contributed by atoms with Gasteiger partial charge in [-0.25, -0.2) is 4.79 Å². The number of urea groups is 1. The molecule has 0 saturated carbocycles. The number of amides is 3. The fraction of sp³-hybridized carbons (Fsp3) is 0.300. The summed E-state index contributed by atoms with van der Waals surface area (Å²) >= 11 is 0. The molecule has 1 atom stereocenters. The molecular weight excluding hydrogens is 328 g/mol. The first kappa shape index (κ1) is 17.8. The van der Waals surface area contributed by atoms with Gasteiger partial charge in [0.1, 0.15) is 0 Å². The lowest BCUT2D eigenvalue weighted by Crippen LogP contribution is -2.50. The fourth-order valence-corrected chi connectivity index (χ4v) is 3.18. The molecule has 2 aromatic rings. The Hall–Kier alpha value is -3.02. The van der Waals surface area contributed by atoms with Gasteiger partial charge in [0.25, 0.3) is 5.91 Å². The molecule has 4 N–H and O–H groups in total. The molecule has 1 aliphatic heterocycles. The Balaban J connectivity index is 1.59. The van der Waals surface area contributed by atoms with E-state index in [9.17, 15) is 9.59 Å². The van der Waals surface area contributed by atoms with Crippen LogP contribution in [0.4, 0.5) is 16.2 Å². The first-order valence-corrected chi connectivity index (χ1v) is 8.90. The number of para-hydroxylation sites is 1. The van der Waals surface area contributed by atoms with Crippen LogP contribution >= 0.6 is 0 Å². The van der Waals surface area contributed by atoms with E-state index in [0.29, 0.717) is 24.3 Å². The minimum atomic E-state index is -0.262.